The minimum atomic E-state index is -0.107. The molecule has 0 amide bonds. The Kier molecular flexibility index (Phi) is 4.26. The molecule has 27 heavy (non-hydrogen) atoms. The van der Waals surface area contributed by atoms with Crippen LogP contribution in [0.1, 0.15) is 56.9 Å². The lowest BCUT2D eigenvalue weighted by Gasteiger charge is -2.47. The number of anilines is 1. The van der Waals surface area contributed by atoms with E-state index in [9.17, 15) is 4.79 Å². The Morgan fingerprint density at radius 1 is 1.26 bits per heavy atom. The van der Waals surface area contributed by atoms with Gasteiger partial charge in [0.2, 0.25) is 5.28 Å². The number of hydrogen-bond donors (Lipinski definition) is 1. The third kappa shape index (κ3) is 3.08. The largest absolute Gasteiger partial charge is 0.466 e. The van der Waals surface area contributed by atoms with E-state index in [2.05, 4.69) is 27.7 Å². The molecule has 0 aliphatic heterocycles. The van der Waals surface area contributed by atoms with Crippen molar-refractivity contribution in [1.29, 1.82) is 0 Å². The minimum Gasteiger partial charge on any atom is -0.466 e. The fourth-order valence-corrected chi connectivity index (χ4v) is 5.30. The Hall–Kier alpha value is -1.82. The number of nitrogens with zero attached hydrogens (tertiary/aromatic N) is 3. The fraction of sp³-hybridized carbons (Fsp3) is 0.650. The van der Waals surface area contributed by atoms with E-state index in [1.54, 1.807) is 0 Å². The summed E-state index contributed by atoms with van der Waals surface area (Å²) in [6, 6.07) is 2.21. The lowest BCUT2D eigenvalue weighted by atomic mass is 9.61. The van der Waals surface area contributed by atoms with Crippen molar-refractivity contribution in [3.63, 3.8) is 0 Å². The number of ether oxygens (including phenoxy) is 1. The van der Waals surface area contributed by atoms with Gasteiger partial charge in [-0.25, -0.2) is 4.52 Å². The van der Waals surface area contributed by atoms with Gasteiger partial charge in [-0.15, -0.1) is 5.10 Å². The number of hydrogen-bond acceptors (Lipinski definition) is 5. The van der Waals surface area contributed by atoms with Crippen molar-refractivity contribution in [3.05, 3.63) is 23.1 Å². The normalized spacial score (nSPS) is 29.9. The van der Waals surface area contributed by atoms with Gasteiger partial charge in [-0.05, 0) is 86.4 Å². The van der Waals surface area contributed by atoms with Gasteiger partial charge in [0.1, 0.15) is 5.52 Å². The zero-order valence-electron chi connectivity index (χ0n) is 15.5. The highest BCUT2D eigenvalue weighted by Crippen LogP contribution is 2.47. The summed E-state index contributed by atoms with van der Waals surface area (Å²) in [5.41, 5.74) is 2.23. The van der Waals surface area contributed by atoms with Crippen LogP contribution >= 0.6 is 11.6 Å². The third-order valence-electron chi connectivity index (χ3n) is 6.59. The first kappa shape index (κ1) is 17.3. The van der Waals surface area contributed by atoms with Crippen LogP contribution in [-0.4, -0.2) is 33.2 Å². The molecule has 2 aromatic heterocycles. The number of rotatable bonds is 5. The van der Waals surface area contributed by atoms with Crippen LogP contribution in [0.15, 0.2) is 12.3 Å². The van der Waals surface area contributed by atoms with Crippen LogP contribution in [0.4, 0.5) is 5.82 Å². The van der Waals surface area contributed by atoms with Crippen molar-refractivity contribution in [2.75, 3.05) is 11.9 Å². The molecule has 0 aromatic carbocycles. The number of esters is 1. The molecule has 4 fully saturated rings. The highest BCUT2D eigenvalue weighted by Gasteiger charge is 2.48. The molecule has 1 N–H and O–H groups in total. The summed E-state index contributed by atoms with van der Waals surface area (Å²) in [6.07, 6.45) is 9.06. The summed E-state index contributed by atoms with van der Waals surface area (Å²) in [7, 11) is 0. The van der Waals surface area contributed by atoms with Gasteiger partial charge in [0.05, 0.1) is 12.5 Å². The van der Waals surface area contributed by atoms with Gasteiger partial charge in [-0.2, -0.15) is 4.98 Å². The van der Waals surface area contributed by atoms with Crippen LogP contribution in [0.5, 0.6) is 0 Å². The maximum atomic E-state index is 12.7. The predicted molar refractivity (Wildman–Crippen MR) is 103 cm³/mol. The summed E-state index contributed by atoms with van der Waals surface area (Å²) in [4.78, 5) is 17.2. The molecule has 4 aliphatic rings. The van der Waals surface area contributed by atoms with E-state index in [0.29, 0.717) is 24.4 Å². The van der Waals surface area contributed by atoms with Gasteiger partial charge in [0.25, 0.3) is 0 Å². The second kappa shape index (κ2) is 6.66. The van der Waals surface area contributed by atoms with Gasteiger partial charge < -0.3 is 10.1 Å². The van der Waals surface area contributed by atoms with Crippen molar-refractivity contribution in [1.82, 2.24) is 14.6 Å². The highest BCUT2D eigenvalue weighted by atomic mass is 35.5. The Morgan fingerprint density at radius 2 is 2.00 bits per heavy atom. The zero-order chi connectivity index (χ0) is 18.5. The number of carbonyl (C=O) groups excluding carboxylic acids is 1. The third-order valence-corrected chi connectivity index (χ3v) is 6.75. The summed E-state index contributed by atoms with van der Waals surface area (Å²) < 4.78 is 7.24. The molecule has 2 bridgehead atoms. The average molecular weight is 389 g/mol. The molecule has 6 rings (SSSR count). The molecule has 2 aromatic rings. The number of aromatic nitrogens is 3. The first-order valence-corrected chi connectivity index (χ1v) is 10.5. The Morgan fingerprint density at radius 3 is 2.70 bits per heavy atom. The van der Waals surface area contributed by atoms with Crippen LogP contribution in [0.25, 0.3) is 5.52 Å². The molecule has 2 unspecified atom stereocenters. The Bertz CT molecular complexity index is 870. The minimum absolute atomic E-state index is 0.0468. The number of fused-ring (bicyclic) bond motifs is 4. The van der Waals surface area contributed by atoms with E-state index in [-0.39, 0.29) is 23.2 Å². The Balaban J connectivity index is 1.50. The van der Waals surface area contributed by atoms with Crippen LogP contribution in [-0.2, 0) is 9.53 Å². The molecule has 7 heteroatoms. The predicted octanol–water partition coefficient (Wildman–Crippen LogP) is 4.04. The maximum Gasteiger partial charge on any atom is 0.311 e. The number of carbonyl (C=O) groups is 1. The summed E-state index contributed by atoms with van der Waals surface area (Å²) in [5, 5.41) is 8.15. The van der Waals surface area contributed by atoms with Crippen molar-refractivity contribution in [2.45, 2.75) is 57.4 Å². The monoisotopic (exact) mass is 388 g/mol. The SMILES string of the molecule is CCOC(=O)C1C2CCC(CC2)C1Nc1nc(Cl)nn2cc(C3CC3)cc12. The molecular formula is C20H25ClN4O2. The van der Waals surface area contributed by atoms with Gasteiger partial charge >= 0.3 is 5.97 Å². The molecule has 0 radical (unpaired) electrons. The van der Waals surface area contributed by atoms with E-state index < -0.39 is 0 Å². The fourth-order valence-electron chi connectivity index (χ4n) is 5.13. The Labute approximate surface area is 163 Å². The van der Waals surface area contributed by atoms with Gasteiger partial charge in [-0.3, -0.25) is 4.79 Å². The molecular weight excluding hydrogens is 364 g/mol. The number of halogens is 1. The number of nitrogens with one attached hydrogen (secondary N) is 1. The molecule has 0 spiro atoms. The molecule has 6 nitrogen and oxygen atoms in total. The van der Waals surface area contributed by atoms with E-state index in [1.165, 1.54) is 18.4 Å². The first-order valence-electron chi connectivity index (χ1n) is 10.1. The summed E-state index contributed by atoms with van der Waals surface area (Å²) >= 11 is 6.20. The second-order valence-corrected chi connectivity index (χ2v) is 8.57. The molecule has 0 saturated heterocycles. The van der Waals surface area contributed by atoms with E-state index >= 15 is 0 Å². The summed E-state index contributed by atoms with van der Waals surface area (Å²) in [5.74, 6) is 2.05. The highest BCUT2D eigenvalue weighted by molar-refractivity contribution is 6.28. The van der Waals surface area contributed by atoms with Gasteiger partial charge in [0.15, 0.2) is 5.82 Å². The van der Waals surface area contributed by atoms with Crippen molar-refractivity contribution >= 4 is 28.9 Å². The van der Waals surface area contributed by atoms with Crippen LogP contribution in [0.2, 0.25) is 5.28 Å². The first-order chi connectivity index (χ1) is 13.1. The van der Waals surface area contributed by atoms with Crippen LogP contribution in [0.3, 0.4) is 0 Å². The molecule has 4 saturated carbocycles. The molecule has 2 atom stereocenters. The van der Waals surface area contributed by atoms with E-state index in [4.69, 9.17) is 16.3 Å². The van der Waals surface area contributed by atoms with E-state index in [0.717, 1.165) is 37.0 Å². The van der Waals surface area contributed by atoms with Crippen LogP contribution in [0, 0.1) is 17.8 Å². The van der Waals surface area contributed by atoms with E-state index in [1.807, 2.05) is 11.4 Å². The van der Waals surface area contributed by atoms with Crippen LogP contribution < -0.4 is 5.32 Å². The molecule has 4 aliphatic carbocycles. The lowest BCUT2D eigenvalue weighted by molar-refractivity contribution is -0.154. The van der Waals surface area contributed by atoms with Crippen molar-refractivity contribution in [3.8, 4) is 0 Å². The average Bonchev–Trinajstić information content (AvgIpc) is 3.42. The van der Waals surface area contributed by atoms with Gasteiger partial charge in [0, 0.05) is 12.2 Å². The maximum absolute atomic E-state index is 12.7. The van der Waals surface area contributed by atoms with Crippen molar-refractivity contribution in [2.24, 2.45) is 17.8 Å². The molecule has 144 valence electrons. The van der Waals surface area contributed by atoms with Gasteiger partial charge in [-0.1, -0.05) is 0 Å². The second-order valence-electron chi connectivity index (χ2n) is 8.23. The quantitative estimate of drug-likeness (QED) is 0.783. The standard InChI is InChI=1S/C20H25ClN4O2/c1-2-27-19(26)16-12-5-7-13(8-6-12)17(16)22-18-15-9-14(11-3-4-11)10-25(15)24-20(21)23-18/h9-13,16-17H,2-8H2,1H3,(H,22,23,24). The molecule has 2 heterocycles. The smallest absolute Gasteiger partial charge is 0.311 e. The lowest BCUT2D eigenvalue weighted by Crippen LogP contribution is -2.52. The summed E-state index contributed by atoms with van der Waals surface area (Å²) in [6.45, 7) is 2.29. The topological polar surface area (TPSA) is 68.5 Å². The van der Waals surface area contributed by atoms with Crippen molar-refractivity contribution < 1.29 is 9.53 Å². The zero-order valence-corrected chi connectivity index (χ0v) is 16.3.